The zero-order valence-electron chi connectivity index (χ0n) is 6.24. The van der Waals surface area contributed by atoms with Gasteiger partial charge in [-0.25, -0.2) is 4.98 Å². The van der Waals surface area contributed by atoms with E-state index in [9.17, 15) is 0 Å². The molecule has 5 heteroatoms. The summed E-state index contributed by atoms with van der Waals surface area (Å²) < 4.78 is 10.8. The van der Waals surface area contributed by atoms with Crippen LogP contribution in [0.1, 0.15) is 0 Å². The van der Waals surface area contributed by atoms with Crippen molar-refractivity contribution in [3.8, 4) is 11.6 Å². The molecule has 0 radical (unpaired) electrons. The first-order valence-electron chi connectivity index (χ1n) is 3.55. The van der Waals surface area contributed by atoms with E-state index in [0.29, 0.717) is 18.2 Å². The summed E-state index contributed by atoms with van der Waals surface area (Å²) in [5.41, 5.74) is 0. The summed E-state index contributed by atoms with van der Waals surface area (Å²) in [4.78, 5) is 7.76. The first kappa shape index (κ1) is 7.79. The minimum atomic E-state index is 0.0485. The highest BCUT2D eigenvalue weighted by atomic mass is 79.9. The average Bonchev–Trinajstić information content (AvgIpc) is 2.17. The van der Waals surface area contributed by atoms with E-state index in [0.717, 1.165) is 5.33 Å². The Morgan fingerprint density at radius 1 is 1.67 bits per heavy atom. The molecule has 1 aromatic heterocycles. The lowest BCUT2D eigenvalue weighted by atomic mass is 10.4. The molecule has 0 fully saturated rings. The molecular formula is C7H7BrN2O2. The van der Waals surface area contributed by atoms with Crippen LogP contribution in [0.4, 0.5) is 0 Å². The molecule has 1 aliphatic rings. The third-order valence-electron chi connectivity index (χ3n) is 1.52. The standard InChI is InChI=1S/C7H7BrN2O2/c8-1-5-3-11-6-2-9-4-10-7(6)12-5/h2,4-5H,1,3H2. The van der Waals surface area contributed by atoms with E-state index in [2.05, 4.69) is 25.9 Å². The van der Waals surface area contributed by atoms with Gasteiger partial charge in [0.25, 0.3) is 5.88 Å². The molecule has 0 N–H and O–H groups in total. The molecule has 0 bridgehead atoms. The Morgan fingerprint density at radius 3 is 3.42 bits per heavy atom. The maximum Gasteiger partial charge on any atom is 0.260 e. The van der Waals surface area contributed by atoms with Crippen LogP contribution in [-0.2, 0) is 0 Å². The number of halogens is 1. The van der Waals surface area contributed by atoms with Crippen LogP contribution in [-0.4, -0.2) is 28.0 Å². The van der Waals surface area contributed by atoms with Crippen molar-refractivity contribution >= 4 is 15.9 Å². The molecule has 1 unspecified atom stereocenters. The van der Waals surface area contributed by atoms with E-state index < -0.39 is 0 Å². The largest absolute Gasteiger partial charge is 0.483 e. The van der Waals surface area contributed by atoms with Crippen LogP contribution in [0.25, 0.3) is 0 Å². The predicted octanol–water partition coefficient (Wildman–Crippen LogP) is 1.01. The van der Waals surface area contributed by atoms with Gasteiger partial charge >= 0.3 is 0 Å². The van der Waals surface area contributed by atoms with E-state index in [1.165, 1.54) is 6.33 Å². The molecule has 64 valence electrons. The van der Waals surface area contributed by atoms with Crippen molar-refractivity contribution < 1.29 is 9.47 Å². The predicted molar refractivity (Wildman–Crippen MR) is 45.7 cm³/mol. The van der Waals surface area contributed by atoms with Gasteiger partial charge in [0.2, 0.25) is 0 Å². The van der Waals surface area contributed by atoms with Crippen LogP contribution >= 0.6 is 15.9 Å². The number of ether oxygens (including phenoxy) is 2. The molecule has 0 spiro atoms. The van der Waals surface area contributed by atoms with Gasteiger partial charge in [-0.2, -0.15) is 4.98 Å². The molecular weight excluding hydrogens is 224 g/mol. The van der Waals surface area contributed by atoms with Crippen molar-refractivity contribution in [3.63, 3.8) is 0 Å². The number of alkyl halides is 1. The summed E-state index contributed by atoms with van der Waals surface area (Å²) >= 11 is 3.31. The van der Waals surface area contributed by atoms with E-state index in [1.54, 1.807) is 6.20 Å². The normalized spacial score (nSPS) is 20.6. The highest BCUT2D eigenvalue weighted by Crippen LogP contribution is 2.27. The molecule has 1 atom stereocenters. The topological polar surface area (TPSA) is 44.2 Å². The molecule has 0 amide bonds. The van der Waals surface area contributed by atoms with Crippen LogP contribution in [0.5, 0.6) is 11.6 Å². The van der Waals surface area contributed by atoms with E-state index in [-0.39, 0.29) is 6.10 Å². The highest BCUT2D eigenvalue weighted by molar-refractivity contribution is 9.09. The van der Waals surface area contributed by atoms with E-state index in [4.69, 9.17) is 9.47 Å². The summed E-state index contributed by atoms with van der Waals surface area (Å²) in [6.45, 7) is 0.547. The number of hydrogen-bond acceptors (Lipinski definition) is 4. The Bertz CT molecular complexity index is 282. The smallest absolute Gasteiger partial charge is 0.260 e. The van der Waals surface area contributed by atoms with Crippen molar-refractivity contribution in [1.82, 2.24) is 9.97 Å². The minimum Gasteiger partial charge on any atom is -0.483 e. The molecule has 0 aliphatic carbocycles. The summed E-state index contributed by atoms with van der Waals surface area (Å²) in [7, 11) is 0. The second-order valence-electron chi connectivity index (χ2n) is 2.40. The molecule has 0 saturated carbocycles. The fourth-order valence-electron chi connectivity index (χ4n) is 0.944. The summed E-state index contributed by atoms with van der Waals surface area (Å²) in [6.07, 6.45) is 3.10. The third kappa shape index (κ3) is 1.36. The minimum absolute atomic E-state index is 0.0485. The molecule has 2 heterocycles. The molecule has 4 nitrogen and oxygen atoms in total. The number of aromatic nitrogens is 2. The zero-order chi connectivity index (χ0) is 8.39. The Labute approximate surface area is 78.1 Å². The van der Waals surface area contributed by atoms with Gasteiger partial charge in [0.05, 0.1) is 6.20 Å². The molecule has 1 aromatic rings. The summed E-state index contributed by atoms with van der Waals surface area (Å²) in [6, 6.07) is 0. The van der Waals surface area contributed by atoms with Crippen molar-refractivity contribution in [2.75, 3.05) is 11.9 Å². The molecule has 0 aromatic carbocycles. The zero-order valence-corrected chi connectivity index (χ0v) is 7.82. The van der Waals surface area contributed by atoms with Gasteiger partial charge in [-0.05, 0) is 0 Å². The van der Waals surface area contributed by atoms with Crippen LogP contribution < -0.4 is 9.47 Å². The monoisotopic (exact) mass is 230 g/mol. The van der Waals surface area contributed by atoms with Gasteiger partial charge in [0, 0.05) is 5.33 Å². The van der Waals surface area contributed by atoms with Gasteiger partial charge in [-0.3, -0.25) is 0 Å². The van der Waals surface area contributed by atoms with Crippen molar-refractivity contribution in [2.24, 2.45) is 0 Å². The average molecular weight is 231 g/mol. The molecule has 1 aliphatic heterocycles. The number of rotatable bonds is 1. The van der Waals surface area contributed by atoms with E-state index in [1.807, 2.05) is 0 Å². The van der Waals surface area contributed by atoms with Gasteiger partial charge in [-0.1, -0.05) is 15.9 Å². The maximum atomic E-state index is 5.46. The molecule has 2 rings (SSSR count). The first-order chi connectivity index (χ1) is 5.90. The summed E-state index contributed by atoms with van der Waals surface area (Å²) in [5.74, 6) is 1.15. The number of nitrogens with zero attached hydrogens (tertiary/aromatic N) is 2. The van der Waals surface area contributed by atoms with Gasteiger partial charge in [0.1, 0.15) is 19.0 Å². The lowest BCUT2D eigenvalue weighted by molar-refractivity contribution is 0.101. The fraction of sp³-hybridized carbons (Fsp3) is 0.429. The van der Waals surface area contributed by atoms with Crippen molar-refractivity contribution in [2.45, 2.75) is 6.10 Å². The van der Waals surface area contributed by atoms with Crippen LogP contribution in [0.15, 0.2) is 12.5 Å². The van der Waals surface area contributed by atoms with Gasteiger partial charge in [0.15, 0.2) is 5.75 Å². The maximum absolute atomic E-state index is 5.46. The number of hydrogen-bond donors (Lipinski definition) is 0. The number of fused-ring (bicyclic) bond motifs is 1. The summed E-state index contributed by atoms with van der Waals surface area (Å²) in [5, 5.41) is 0.746. The SMILES string of the molecule is BrCC1COc2cncnc2O1. The second kappa shape index (κ2) is 3.26. The Kier molecular flexibility index (Phi) is 2.12. The van der Waals surface area contributed by atoms with E-state index >= 15 is 0 Å². The fourth-order valence-corrected chi connectivity index (χ4v) is 1.26. The van der Waals surface area contributed by atoms with Crippen LogP contribution in [0, 0.1) is 0 Å². The third-order valence-corrected chi connectivity index (χ3v) is 2.24. The lowest BCUT2D eigenvalue weighted by Gasteiger charge is -2.23. The van der Waals surface area contributed by atoms with Crippen LogP contribution in [0.3, 0.4) is 0 Å². The Balaban J connectivity index is 2.23. The second-order valence-corrected chi connectivity index (χ2v) is 3.04. The van der Waals surface area contributed by atoms with Crippen molar-refractivity contribution in [1.29, 1.82) is 0 Å². The molecule has 12 heavy (non-hydrogen) atoms. The lowest BCUT2D eigenvalue weighted by Crippen LogP contribution is -2.30. The Morgan fingerprint density at radius 2 is 2.58 bits per heavy atom. The van der Waals surface area contributed by atoms with Gasteiger partial charge < -0.3 is 9.47 Å². The Hall–Kier alpha value is -0.840. The van der Waals surface area contributed by atoms with Gasteiger partial charge in [-0.15, -0.1) is 0 Å². The quantitative estimate of drug-likeness (QED) is 0.676. The molecule has 0 saturated heterocycles. The highest BCUT2D eigenvalue weighted by Gasteiger charge is 2.20. The first-order valence-corrected chi connectivity index (χ1v) is 4.67. The van der Waals surface area contributed by atoms with Crippen LogP contribution in [0.2, 0.25) is 0 Å². The van der Waals surface area contributed by atoms with Crippen molar-refractivity contribution in [3.05, 3.63) is 12.5 Å².